The minimum Gasteiger partial charge on any atom is -0.459 e. The number of sulfone groups is 1. The Morgan fingerprint density at radius 1 is 1.00 bits per heavy atom. The molecule has 13 atom stereocenters. The Balaban J connectivity index is 1.51. The van der Waals surface area contributed by atoms with Crippen molar-refractivity contribution in [2.24, 2.45) is 23.7 Å². The number of cyclic esters (lactones) is 1. The van der Waals surface area contributed by atoms with Gasteiger partial charge in [-0.3, -0.25) is 19.1 Å². The zero-order valence-electron chi connectivity index (χ0n) is 36.4. The number of aromatic nitrogens is 3. The highest BCUT2D eigenvalue weighted by Crippen LogP contribution is 2.38. The minimum absolute atomic E-state index is 0.0394. The SMILES string of the molecule is CC[C@H]1OC(=O)[C@H](C)C(=O)[C@H](C)[C@@H](O[C@@H]2O[C@H](C)C[C@H](N(C)CCc3cn(CCc4ccc(S(C)(=O)=O)cc4)nn3)C2O)[C@](C)(OC)C[C@@H](C)C(=O)[C@H](C)[C@@H](O)[C@]1(C)O. The third-order valence-electron chi connectivity index (χ3n) is 12.5. The summed E-state index contributed by atoms with van der Waals surface area (Å²) in [4.78, 5) is 43.7. The molecular formula is C42H66N4O12S. The van der Waals surface area contributed by atoms with Crippen LogP contribution >= 0.6 is 0 Å². The molecule has 0 aliphatic carbocycles. The molecule has 2 fully saturated rings. The number of likely N-dealkylation sites (N-methyl/N-ethyl adjacent to an activating group) is 1. The molecule has 4 rings (SSSR count). The van der Waals surface area contributed by atoms with Crippen molar-refractivity contribution in [2.75, 3.05) is 27.0 Å². The van der Waals surface area contributed by atoms with Crippen LogP contribution in [0.4, 0.5) is 0 Å². The van der Waals surface area contributed by atoms with Crippen molar-refractivity contribution in [3.05, 3.63) is 41.7 Å². The highest BCUT2D eigenvalue weighted by Gasteiger charge is 2.52. The van der Waals surface area contributed by atoms with Crippen LogP contribution in [0.15, 0.2) is 35.4 Å². The van der Waals surface area contributed by atoms with Crippen LogP contribution in [0.5, 0.6) is 0 Å². The summed E-state index contributed by atoms with van der Waals surface area (Å²) in [7, 11) is 0.0525. The van der Waals surface area contributed by atoms with Crippen LogP contribution in [0.1, 0.15) is 85.9 Å². The summed E-state index contributed by atoms with van der Waals surface area (Å²) in [5.41, 5.74) is -1.61. The van der Waals surface area contributed by atoms with Gasteiger partial charge in [0.2, 0.25) is 0 Å². The lowest BCUT2D eigenvalue weighted by molar-refractivity contribution is -0.296. The molecule has 0 bridgehead atoms. The predicted molar refractivity (Wildman–Crippen MR) is 217 cm³/mol. The van der Waals surface area contributed by atoms with Crippen LogP contribution in [0.25, 0.3) is 0 Å². The Labute approximate surface area is 348 Å². The van der Waals surface area contributed by atoms with Gasteiger partial charge in [0.1, 0.15) is 29.5 Å². The van der Waals surface area contributed by atoms with E-state index in [2.05, 4.69) is 10.3 Å². The molecule has 332 valence electrons. The van der Waals surface area contributed by atoms with Gasteiger partial charge in [-0.15, -0.1) is 5.10 Å². The minimum atomic E-state index is -3.27. The fourth-order valence-corrected chi connectivity index (χ4v) is 9.15. The summed E-state index contributed by atoms with van der Waals surface area (Å²) in [6, 6.07) is 6.34. The Morgan fingerprint density at radius 2 is 1.64 bits per heavy atom. The molecule has 59 heavy (non-hydrogen) atoms. The number of Topliss-reactive ketones (excluding diaryl/α,β-unsaturated/α-hetero) is 2. The fraction of sp³-hybridized carbons (Fsp3) is 0.738. The van der Waals surface area contributed by atoms with Crippen LogP contribution in [0, 0.1) is 23.7 Å². The van der Waals surface area contributed by atoms with Crippen molar-refractivity contribution in [1.82, 2.24) is 19.9 Å². The second-order valence-corrected chi connectivity index (χ2v) is 19.3. The average molecular weight is 851 g/mol. The van der Waals surface area contributed by atoms with Gasteiger partial charge in [-0.25, -0.2) is 8.42 Å². The van der Waals surface area contributed by atoms with E-state index in [4.69, 9.17) is 18.9 Å². The Kier molecular flexibility index (Phi) is 16.2. The van der Waals surface area contributed by atoms with Gasteiger partial charge in [-0.05, 0) is 78.1 Å². The van der Waals surface area contributed by atoms with E-state index < -0.39 is 93.2 Å². The Morgan fingerprint density at radius 3 is 2.24 bits per heavy atom. The van der Waals surface area contributed by atoms with Crippen molar-refractivity contribution in [1.29, 1.82) is 0 Å². The van der Waals surface area contributed by atoms with Gasteiger partial charge in [-0.2, -0.15) is 0 Å². The number of carbonyl (C=O) groups is 3. The van der Waals surface area contributed by atoms with Gasteiger partial charge in [-0.1, -0.05) is 45.0 Å². The highest BCUT2D eigenvalue weighted by molar-refractivity contribution is 7.90. The topological polar surface area (TPSA) is 217 Å². The number of methoxy groups -OCH3 is 1. The second-order valence-electron chi connectivity index (χ2n) is 17.3. The van der Waals surface area contributed by atoms with Gasteiger partial charge < -0.3 is 39.2 Å². The van der Waals surface area contributed by atoms with Crippen LogP contribution < -0.4 is 0 Å². The van der Waals surface area contributed by atoms with E-state index in [1.165, 1.54) is 34.1 Å². The number of aryl methyl sites for hydroxylation is 2. The van der Waals surface area contributed by atoms with Crippen molar-refractivity contribution < 1.29 is 57.1 Å². The first kappa shape index (κ1) is 48.5. The molecule has 2 aliphatic heterocycles. The molecule has 0 amide bonds. The van der Waals surface area contributed by atoms with E-state index in [9.17, 15) is 38.1 Å². The lowest BCUT2D eigenvalue weighted by Crippen LogP contribution is -2.60. The molecule has 2 aliphatic rings. The number of ketones is 2. The summed E-state index contributed by atoms with van der Waals surface area (Å²) in [5.74, 6) is -5.89. The fourth-order valence-electron chi connectivity index (χ4n) is 8.52. The van der Waals surface area contributed by atoms with Gasteiger partial charge >= 0.3 is 5.97 Å². The average Bonchev–Trinajstić information content (AvgIpc) is 3.66. The van der Waals surface area contributed by atoms with Crippen LogP contribution in [0.2, 0.25) is 0 Å². The van der Waals surface area contributed by atoms with Gasteiger partial charge in [0.25, 0.3) is 0 Å². The Hall–Kier alpha value is -3.16. The standard InChI is InChI=1S/C42H66N4O12S/c1-12-33-42(8,52)37(50)26(4)34(47)24(2)22-41(7,55-10)38(27(5)35(48)28(6)39(51)57-33)58-40-36(49)32(21-25(3)56-40)45(9)19-18-30-23-46(44-43-30)20-17-29-13-15-31(16-14-29)59(11,53)54/h13-16,23-28,32-33,36-38,40,49-50,52H,12,17-22H2,1-11H3/t24-,25-,26+,27+,28-,32+,33-,36?,37-,38-,40+,41-,42-/m1/s1. The summed E-state index contributed by atoms with van der Waals surface area (Å²) in [6.45, 7) is 13.8. The number of rotatable bonds is 12. The van der Waals surface area contributed by atoms with E-state index in [1.807, 2.05) is 25.1 Å². The molecule has 17 heteroatoms. The van der Waals surface area contributed by atoms with E-state index in [-0.39, 0.29) is 29.6 Å². The van der Waals surface area contributed by atoms with Gasteiger partial charge in [0, 0.05) is 62.9 Å². The highest BCUT2D eigenvalue weighted by atomic mass is 32.2. The van der Waals surface area contributed by atoms with Gasteiger partial charge in [0.15, 0.2) is 21.9 Å². The van der Waals surface area contributed by atoms with Crippen LogP contribution in [-0.4, -0.2) is 142 Å². The Bertz CT molecular complexity index is 1850. The summed E-state index contributed by atoms with van der Waals surface area (Å²) >= 11 is 0. The molecule has 2 aromatic rings. The summed E-state index contributed by atoms with van der Waals surface area (Å²) < 4.78 is 49.9. The molecule has 0 spiro atoms. The lowest BCUT2D eigenvalue weighted by Gasteiger charge is -2.47. The first-order valence-electron chi connectivity index (χ1n) is 20.6. The molecule has 3 heterocycles. The maximum atomic E-state index is 14.1. The lowest BCUT2D eigenvalue weighted by atomic mass is 9.74. The van der Waals surface area contributed by atoms with Crippen LogP contribution in [-0.2, 0) is 62.6 Å². The molecule has 1 aromatic heterocycles. The normalized spacial score (nSPS) is 35.7. The number of hydrogen-bond acceptors (Lipinski definition) is 15. The molecular weight excluding hydrogens is 785 g/mol. The maximum Gasteiger partial charge on any atom is 0.316 e. The number of esters is 1. The number of hydrogen-bond donors (Lipinski definition) is 3. The number of carbonyl (C=O) groups excluding carboxylic acids is 3. The van der Waals surface area contributed by atoms with Crippen molar-refractivity contribution in [3.63, 3.8) is 0 Å². The zero-order chi connectivity index (χ0) is 44.2. The third-order valence-corrected chi connectivity index (χ3v) is 13.6. The van der Waals surface area contributed by atoms with E-state index in [0.29, 0.717) is 32.4 Å². The first-order chi connectivity index (χ1) is 27.4. The predicted octanol–water partition coefficient (Wildman–Crippen LogP) is 2.57. The summed E-state index contributed by atoms with van der Waals surface area (Å²) in [6.07, 6.45) is -1.84. The van der Waals surface area contributed by atoms with Gasteiger partial charge in [0.05, 0.1) is 34.5 Å². The maximum absolute atomic E-state index is 14.1. The molecule has 2 saturated heterocycles. The van der Waals surface area contributed by atoms with Crippen molar-refractivity contribution >= 4 is 27.4 Å². The second kappa shape index (κ2) is 19.7. The first-order valence-corrected chi connectivity index (χ1v) is 22.4. The number of aliphatic hydroxyl groups excluding tert-OH is 2. The zero-order valence-corrected chi connectivity index (χ0v) is 37.2. The number of aliphatic hydroxyl groups is 3. The van der Waals surface area contributed by atoms with E-state index in [1.54, 1.807) is 56.6 Å². The molecule has 16 nitrogen and oxygen atoms in total. The molecule has 1 aromatic carbocycles. The molecule has 0 radical (unpaired) electrons. The molecule has 1 unspecified atom stereocenters. The molecule has 0 saturated carbocycles. The monoisotopic (exact) mass is 850 g/mol. The molecule has 3 N–H and O–H groups in total. The summed E-state index contributed by atoms with van der Waals surface area (Å²) in [5, 5.41) is 43.1. The largest absolute Gasteiger partial charge is 0.459 e. The van der Waals surface area contributed by atoms with E-state index >= 15 is 0 Å². The third kappa shape index (κ3) is 11.4. The van der Waals surface area contributed by atoms with Crippen LogP contribution in [0.3, 0.4) is 0 Å². The van der Waals surface area contributed by atoms with Crippen molar-refractivity contribution in [3.8, 4) is 0 Å². The van der Waals surface area contributed by atoms with E-state index in [0.717, 1.165) is 11.3 Å². The number of benzene rings is 1. The number of nitrogens with zero attached hydrogens (tertiary/aromatic N) is 4. The number of ether oxygens (including phenoxy) is 4. The smallest absolute Gasteiger partial charge is 0.316 e. The quantitative estimate of drug-likeness (QED) is 0.207. The van der Waals surface area contributed by atoms with Crippen molar-refractivity contribution in [2.45, 2.75) is 153 Å².